The fourth-order valence-corrected chi connectivity index (χ4v) is 1.20. The van der Waals surface area contributed by atoms with Gasteiger partial charge >= 0.3 is 0 Å². The number of anilines is 1. The molecular weight excluding hydrogens is 150 g/mol. The molecule has 0 bridgehead atoms. The molecule has 1 aromatic rings. The molecule has 0 spiro atoms. The van der Waals surface area contributed by atoms with E-state index in [1.165, 1.54) is 0 Å². The van der Waals surface area contributed by atoms with E-state index in [4.69, 9.17) is 5.73 Å². The maximum Gasteiger partial charge on any atom is 0.128 e. The molecule has 0 unspecified atom stereocenters. The molecule has 0 atom stereocenters. The Balaban J connectivity index is 2.19. The molecule has 2 N–H and O–H groups in total. The summed E-state index contributed by atoms with van der Waals surface area (Å²) in [5.74, 6) is 1.04. The largest absolute Gasteiger partial charge is 0.356 e. The average molecular weight is 162 g/mol. The van der Waals surface area contributed by atoms with E-state index in [0.29, 0.717) is 6.54 Å². The minimum Gasteiger partial charge on any atom is -0.356 e. The zero-order valence-electron chi connectivity index (χ0n) is 6.90. The van der Waals surface area contributed by atoms with E-state index in [9.17, 15) is 0 Å². The van der Waals surface area contributed by atoms with Gasteiger partial charge in [0.15, 0.2) is 0 Å². The van der Waals surface area contributed by atoms with Crippen molar-refractivity contribution in [2.45, 2.75) is 6.54 Å². The molecule has 1 aliphatic heterocycles. The second-order valence-corrected chi connectivity index (χ2v) is 2.88. The molecule has 3 heteroatoms. The van der Waals surface area contributed by atoms with Gasteiger partial charge in [-0.15, -0.1) is 0 Å². The third-order valence-electron chi connectivity index (χ3n) is 2.02. The minimum absolute atomic E-state index is 0.519. The monoisotopic (exact) mass is 162 g/mol. The van der Waals surface area contributed by atoms with Crippen LogP contribution in [0.1, 0.15) is 5.69 Å². The normalized spacial score (nSPS) is 15.9. The van der Waals surface area contributed by atoms with Gasteiger partial charge in [0.1, 0.15) is 5.82 Å². The first kappa shape index (κ1) is 7.55. The fourth-order valence-electron chi connectivity index (χ4n) is 1.20. The van der Waals surface area contributed by atoms with Gasteiger partial charge in [0, 0.05) is 26.1 Å². The van der Waals surface area contributed by atoms with E-state index >= 15 is 0 Å². The first-order chi connectivity index (χ1) is 5.90. The number of pyridine rings is 1. The van der Waals surface area contributed by atoms with Crippen LogP contribution in [-0.2, 0) is 6.54 Å². The first-order valence-corrected chi connectivity index (χ1v) is 4.13. The van der Waals surface area contributed by atoms with Gasteiger partial charge in [-0.3, -0.25) is 0 Å². The van der Waals surface area contributed by atoms with Crippen molar-refractivity contribution in [1.82, 2.24) is 4.98 Å². The van der Waals surface area contributed by atoms with Gasteiger partial charge in [-0.05, 0) is 12.1 Å². The van der Waals surface area contributed by atoms with Crippen molar-refractivity contribution in [2.75, 3.05) is 18.0 Å². The standard InChI is InChI=1S/C9H12N3/c10-7-8-3-1-4-9(11-8)12-5-2-6-12/h1-4H,5-7,10H2. The van der Waals surface area contributed by atoms with Crippen LogP contribution >= 0.6 is 0 Å². The van der Waals surface area contributed by atoms with E-state index in [1.807, 2.05) is 18.2 Å². The molecule has 0 amide bonds. The lowest BCUT2D eigenvalue weighted by Crippen LogP contribution is -2.38. The highest BCUT2D eigenvalue weighted by molar-refractivity contribution is 5.43. The molecule has 2 heterocycles. The number of nitrogens with two attached hydrogens (primary N) is 1. The molecule has 1 radical (unpaired) electrons. The van der Waals surface area contributed by atoms with Crippen LogP contribution in [0.4, 0.5) is 5.82 Å². The average Bonchev–Trinajstić information content (AvgIpc) is 2.02. The Kier molecular flexibility index (Phi) is 1.96. The van der Waals surface area contributed by atoms with Crippen LogP contribution in [0.15, 0.2) is 18.2 Å². The highest BCUT2D eigenvalue weighted by atomic mass is 15.2. The molecule has 12 heavy (non-hydrogen) atoms. The van der Waals surface area contributed by atoms with Crippen molar-refractivity contribution in [2.24, 2.45) is 5.73 Å². The summed E-state index contributed by atoms with van der Waals surface area (Å²) >= 11 is 0. The lowest BCUT2D eigenvalue weighted by molar-refractivity contribution is 0.744. The summed E-state index contributed by atoms with van der Waals surface area (Å²) in [6.45, 7) is 2.55. The Morgan fingerprint density at radius 3 is 2.83 bits per heavy atom. The highest BCUT2D eigenvalue weighted by Crippen LogP contribution is 2.16. The summed E-state index contributed by atoms with van der Waals surface area (Å²) in [5.41, 5.74) is 6.45. The first-order valence-electron chi connectivity index (χ1n) is 4.13. The van der Waals surface area contributed by atoms with E-state index in [1.54, 1.807) is 0 Å². The summed E-state index contributed by atoms with van der Waals surface area (Å²) < 4.78 is 0. The molecule has 2 rings (SSSR count). The van der Waals surface area contributed by atoms with Crippen LogP contribution in [-0.4, -0.2) is 18.1 Å². The van der Waals surface area contributed by atoms with Crippen molar-refractivity contribution < 1.29 is 0 Å². The molecule has 63 valence electrons. The number of hydrogen-bond acceptors (Lipinski definition) is 3. The van der Waals surface area contributed by atoms with Gasteiger partial charge in [-0.25, -0.2) is 4.98 Å². The fraction of sp³-hybridized carbons (Fsp3) is 0.333. The Morgan fingerprint density at radius 2 is 2.25 bits per heavy atom. The van der Waals surface area contributed by atoms with E-state index in [-0.39, 0.29) is 0 Å². The lowest BCUT2D eigenvalue weighted by atomic mass is 10.2. The zero-order chi connectivity index (χ0) is 8.39. The van der Waals surface area contributed by atoms with E-state index < -0.39 is 0 Å². The summed E-state index contributed by atoms with van der Waals surface area (Å²) in [6.07, 6.45) is 2.22. The molecule has 1 aliphatic rings. The number of rotatable bonds is 2. The van der Waals surface area contributed by atoms with Crippen molar-refractivity contribution in [3.8, 4) is 0 Å². The van der Waals surface area contributed by atoms with Crippen molar-refractivity contribution in [3.05, 3.63) is 30.3 Å². The van der Waals surface area contributed by atoms with Gasteiger partial charge in [0.2, 0.25) is 0 Å². The highest BCUT2D eigenvalue weighted by Gasteiger charge is 2.15. The van der Waals surface area contributed by atoms with Crippen LogP contribution in [0.2, 0.25) is 0 Å². The Morgan fingerprint density at radius 1 is 1.42 bits per heavy atom. The summed E-state index contributed by atoms with van der Waals surface area (Å²) in [5, 5.41) is 0. The molecule has 0 aliphatic carbocycles. The second kappa shape index (κ2) is 3.11. The second-order valence-electron chi connectivity index (χ2n) is 2.88. The Bertz CT molecular complexity index is 268. The summed E-state index contributed by atoms with van der Waals surface area (Å²) in [7, 11) is 0. The quantitative estimate of drug-likeness (QED) is 0.691. The minimum atomic E-state index is 0.519. The van der Waals surface area contributed by atoms with E-state index in [0.717, 1.165) is 24.6 Å². The van der Waals surface area contributed by atoms with Crippen molar-refractivity contribution in [1.29, 1.82) is 0 Å². The molecule has 0 aromatic carbocycles. The van der Waals surface area contributed by atoms with Gasteiger partial charge in [0.25, 0.3) is 0 Å². The van der Waals surface area contributed by atoms with Gasteiger partial charge in [-0.1, -0.05) is 6.07 Å². The zero-order valence-corrected chi connectivity index (χ0v) is 6.90. The van der Waals surface area contributed by atoms with Gasteiger partial charge in [0.05, 0.1) is 5.69 Å². The summed E-state index contributed by atoms with van der Waals surface area (Å²) in [6, 6.07) is 5.97. The molecule has 0 saturated carbocycles. The predicted octanol–water partition coefficient (Wildman–Crippen LogP) is 0.565. The van der Waals surface area contributed by atoms with Crippen LogP contribution in [0.25, 0.3) is 0 Å². The van der Waals surface area contributed by atoms with Crippen molar-refractivity contribution in [3.63, 3.8) is 0 Å². The smallest absolute Gasteiger partial charge is 0.128 e. The third kappa shape index (κ3) is 1.28. The van der Waals surface area contributed by atoms with Crippen LogP contribution in [0, 0.1) is 6.42 Å². The number of aromatic nitrogens is 1. The SMILES string of the molecule is NCc1cccc(N2C[CH]C2)n1. The molecule has 1 aromatic heterocycles. The molecule has 3 nitrogen and oxygen atoms in total. The van der Waals surface area contributed by atoms with Gasteiger partial charge in [-0.2, -0.15) is 0 Å². The molecular formula is C9H12N3. The maximum absolute atomic E-state index is 5.49. The Hall–Kier alpha value is -1.09. The topological polar surface area (TPSA) is 42.1 Å². The molecule has 1 fully saturated rings. The predicted molar refractivity (Wildman–Crippen MR) is 48.6 cm³/mol. The van der Waals surface area contributed by atoms with Crippen LogP contribution in [0.3, 0.4) is 0 Å². The number of hydrogen-bond donors (Lipinski definition) is 1. The third-order valence-corrected chi connectivity index (χ3v) is 2.02. The number of nitrogens with zero attached hydrogens (tertiary/aromatic N) is 2. The Labute approximate surface area is 72.2 Å². The van der Waals surface area contributed by atoms with Crippen molar-refractivity contribution >= 4 is 5.82 Å². The summed E-state index contributed by atoms with van der Waals surface area (Å²) in [4.78, 5) is 6.60. The maximum atomic E-state index is 5.49. The van der Waals surface area contributed by atoms with Gasteiger partial charge < -0.3 is 10.6 Å². The van der Waals surface area contributed by atoms with E-state index in [2.05, 4.69) is 16.3 Å². The lowest BCUT2D eigenvalue weighted by Gasteiger charge is -2.31. The van der Waals surface area contributed by atoms with Crippen LogP contribution < -0.4 is 10.6 Å². The molecule has 1 saturated heterocycles. The van der Waals surface area contributed by atoms with Crippen LogP contribution in [0.5, 0.6) is 0 Å².